The average molecular weight is 194 g/mol. The zero-order valence-corrected chi connectivity index (χ0v) is 8.18. The molecule has 0 spiro atoms. The molecule has 1 heterocycles. The van der Waals surface area contributed by atoms with Crippen molar-refractivity contribution in [3.05, 3.63) is 21.7 Å². The SMILES string of the molecule is CC(C)(C)c1noc(N=[N+]=[N-])c1C=O. The second kappa shape index (κ2) is 3.51. The first kappa shape index (κ1) is 10.3. The standard InChI is InChI=1S/C8H10N4O2/c1-8(2,3)6-5(4-13)7(10-12-9)14-11-6/h4H,1-3H3. The number of hydrogen-bond acceptors (Lipinski definition) is 4. The van der Waals surface area contributed by atoms with E-state index >= 15 is 0 Å². The summed E-state index contributed by atoms with van der Waals surface area (Å²) in [6.07, 6.45) is 0.584. The molecule has 0 saturated carbocycles. The highest BCUT2D eigenvalue weighted by molar-refractivity contribution is 5.82. The smallest absolute Gasteiger partial charge is 0.233 e. The third kappa shape index (κ3) is 1.75. The quantitative estimate of drug-likeness (QED) is 0.313. The number of carbonyl (C=O) groups excluding carboxylic acids is 1. The largest absolute Gasteiger partial charge is 0.353 e. The number of azide groups is 1. The molecule has 0 atom stereocenters. The number of nitrogens with zero attached hydrogens (tertiary/aromatic N) is 4. The van der Waals surface area contributed by atoms with Crippen molar-refractivity contribution in [2.24, 2.45) is 5.11 Å². The molecule has 6 heteroatoms. The van der Waals surface area contributed by atoms with Crippen molar-refractivity contribution in [3.8, 4) is 0 Å². The molecule has 0 radical (unpaired) electrons. The maximum Gasteiger partial charge on any atom is 0.233 e. The van der Waals surface area contributed by atoms with E-state index in [2.05, 4.69) is 15.2 Å². The summed E-state index contributed by atoms with van der Waals surface area (Å²) in [5.41, 5.74) is 8.60. The zero-order valence-electron chi connectivity index (χ0n) is 8.18. The average Bonchev–Trinajstić information content (AvgIpc) is 2.47. The summed E-state index contributed by atoms with van der Waals surface area (Å²) in [5.74, 6) is -0.0765. The van der Waals surface area contributed by atoms with Crippen LogP contribution in [0, 0.1) is 0 Å². The van der Waals surface area contributed by atoms with Gasteiger partial charge in [-0.2, -0.15) is 0 Å². The van der Waals surface area contributed by atoms with Gasteiger partial charge in [-0.3, -0.25) is 4.79 Å². The first-order valence-electron chi connectivity index (χ1n) is 4.01. The van der Waals surface area contributed by atoms with Gasteiger partial charge in [0.05, 0.1) is 11.3 Å². The maximum absolute atomic E-state index is 10.7. The summed E-state index contributed by atoms with van der Waals surface area (Å²) >= 11 is 0. The molecular weight excluding hydrogens is 184 g/mol. The minimum Gasteiger partial charge on any atom is -0.353 e. The highest BCUT2D eigenvalue weighted by atomic mass is 16.5. The molecule has 1 aromatic rings. The molecule has 0 amide bonds. The topological polar surface area (TPSA) is 91.9 Å². The van der Waals surface area contributed by atoms with Crippen LogP contribution in [0.15, 0.2) is 9.64 Å². The van der Waals surface area contributed by atoms with Crippen molar-refractivity contribution >= 4 is 12.2 Å². The fourth-order valence-corrected chi connectivity index (χ4v) is 1.05. The Morgan fingerprint density at radius 3 is 2.64 bits per heavy atom. The molecule has 6 nitrogen and oxygen atoms in total. The first-order valence-corrected chi connectivity index (χ1v) is 4.01. The molecule has 0 aliphatic heterocycles. The van der Waals surface area contributed by atoms with Crippen molar-refractivity contribution in [3.63, 3.8) is 0 Å². The molecule has 0 bridgehead atoms. The van der Waals surface area contributed by atoms with Crippen LogP contribution >= 0.6 is 0 Å². The van der Waals surface area contributed by atoms with Crippen molar-refractivity contribution < 1.29 is 9.32 Å². The second-order valence-electron chi connectivity index (χ2n) is 3.81. The van der Waals surface area contributed by atoms with E-state index in [4.69, 9.17) is 10.1 Å². The molecule has 0 N–H and O–H groups in total. The van der Waals surface area contributed by atoms with Crippen LogP contribution in [0.5, 0.6) is 0 Å². The second-order valence-corrected chi connectivity index (χ2v) is 3.81. The predicted octanol–water partition coefficient (Wildman–Crippen LogP) is 2.73. The van der Waals surface area contributed by atoms with Crippen LogP contribution in [-0.2, 0) is 5.41 Å². The third-order valence-corrected chi connectivity index (χ3v) is 1.67. The van der Waals surface area contributed by atoms with Crippen LogP contribution in [0.25, 0.3) is 10.4 Å². The molecule has 0 aliphatic carbocycles. The van der Waals surface area contributed by atoms with Gasteiger partial charge >= 0.3 is 0 Å². The molecule has 0 fully saturated rings. The van der Waals surface area contributed by atoms with Crippen LogP contribution in [-0.4, -0.2) is 11.4 Å². The number of rotatable bonds is 2. The molecular formula is C8H10N4O2. The highest BCUT2D eigenvalue weighted by Crippen LogP contribution is 2.30. The van der Waals surface area contributed by atoms with Crippen LogP contribution in [0.4, 0.5) is 5.88 Å². The van der Waals surface area contributed by atoms with Crippen molar-refractivity contribution in [1.82, 2.24) is 5.16 Å². The Bertz CT molecular complexity index is 396. The summed E-state index contributed by atoms with van der Waals surface area (Å²) in [5, 5.41) is 6.94. The van der Waals surface area contributed by atoms with Crippen LogP contribution in [0.3, 0.4) is 0 Å². The van der Waals surface area contributed by atoms with E-state index in [1.165, 1.54) is 0 Å². The summed E-state index contributed by atoms with van der Waals surface area (Å²) in [6.45, 7) is 5.66. The molecule has 1 rings (SSSR count). The Balaban J connectivity index is 3.34. The van der Waals surface area contributed by atoms with Crippen molar-refractivity contribution in [1.29, 1.82) is 0 Å². The van der Waals surface area contributed by atoms with E-state index in [0.29, 0.717) is 12.0 Å². The number of hydrogen-bond donors (Lipinski definition) is 0. The van der Waals surface area contributed by atoms with Gasteiger partial charge in [0.2, 0.25) is 5.88 Å². The summed E-state index contributed by atoms with van der Waals surface area (Å²) in [7, 11) is 0. The zero-order chi connectivity index (χ0) is 10.8. The minimum atomic E-state index is -0.316. The molecule has 0 aromatic carbocycles. The van der Waals surface area contributed by atoms with Crippen molar-refractivity contribution in [2.75, 3.05) is 0 Å². The van der Waals surface area contributed by atoms with Gasteiger partial charge in [-0.1, -0.05) is 25.9 Å². The maximum atomic E-state index is 10.7. The molecule has 74 valence electrons. The first-order chi connectivity index (χ1) is 6.50. The van der Waals surface area contributed by atoms with Gasteiger partial charge < -0.3 is 4.52 Å². The fraction of sp³-hybridized carbons (Fsp3) is 0.500. The third-order valence-electron chi connectivity index (χ3n) is 1.67. The lowest BCUT2D eigenvalue weighted by molar-refractivity contribution is 0.112. The van der Waals surface area contributed by atoms with E-state index in [1.807, 2.05) is 20.8 Å². The van der Waals surface area contributed by atoms with Gasteiger partial charge in [0.1, 0.15) is 0 Å². The summed E-state index contributed by atoms with van der Waals surface area (Å²) in [6, 6.07) is 0. The Labute approximate surface area is 80.5 Å². The van der Waals surface area contributed by atoms with E-state index in [9.17, 15) is 4.79 Å². The van der Waals surface area contributed by atoms with Gasteiger partial charge in [0, 0.05) is 10.3 Å². The predicted molar refractivity (Wildman–Crippen MR) is 49.4 cm³/mol. The number of aldehydes is 1. The van der Waals surface area contributed by atoms with Crippen molar-refractivity contribution in [2.45, 2.75) is 26.2 Å². The molecule has 1 aromatic heterocycles. The Kier molecular flexibility index (Phi) is 2.58. The molecule has 0 saturated heterocycles. The van der Waals surface area contributed by atoms with E-state index in [-0.39, 0.29) is 16.9 Å². The van der Waals surface area contributed by atoms with Crippen LogP contribution < -0.4 is 0 Å². The Morgan fingerprint density at radius 2 is 2.21 bits per heavy atom. The fourth-order valence-electron chi connectivity index (χ4n) is 1.05. The monoisotopic (exact) mass is 194 g/mol. The number of carbonyl (C=O) groups is 1. The van der Waals surface area contributed by atoms with E-state index in [0.717, 1.165) is 0 Å². The Hall–Kier alpha value is -1.81. The lowest BCUT2D eigenvalue weighted by Crippen LogP contribution is -2.13. The normalized spacial score (nSPS) is 10.8. The van der Waals surface area contributed by atoms with Crippen LogP contribution in [0.1, 0.15) is 36.8 Å². The summed E-state index contributed by atoms with van der Waals surface area (Å²) < 4.78 is 4.75. The summed E-state index contributed by atoms with van der Waals surface area (Å²) in [4.78, 5) is 13.3. The Morgan fingerprint density at radius 1 is 1.57 bits per heavy atom. The van der Waals surface area contributed by atoms with Gasteiger partial charge in [0.15, 0.2) is 6.29 Å². The molecule has 14 heavy (non-hydrogen) atoms. The van der Waals surface area contributed by atoms with Gasteiger partial charge in [-0.25, -0.2) is 0 Å². The van der Waals surface area contributed by atoms with Gasteiger partial charge in [0.25, 0.3) is 0 Å². The van der Waals surface area contributed by atoms with Crippen LogP contribution in [0.2, 0.25) is 0 Å². The van der Waals surface area contributed by atoms with E-state index < -0.39 is 0 Å². The van der Waals surface area contributed by atoms with E-state index in [1.54, 1.807) is 0 Å². The van der Waals surface area contributed by atoms with Gasteiger partial charge in [-0.05, 0) is 10.6 Å². The minimum absolute atomic E-state index is 0.0765. The highest BCUT2D eigenvalue weighted by Gasteiger charge is 2.25. The lowest BCUT2D eigenvalue weighted by atomic mass is 9.90. The number of aromatic nitrogens is 1. The molecule has 0 aliphatic rings. The molecule has 0 unspecified atom stereocenters. The lowest BCUT2D eigenvalue weighted by Gasteiger charge is -2.14. The van der Waals surface area contributed by atoms with Gasteiger partial charge in [-0.15, -0.1) is 0 Å².